The van der Waals surface area contributed by atoms with Crippen molar-refractivity contribution in [3.8, 4) is 0 Å². The van der Waals surface area contributed by atoms with E-state index in [1.165, 1.54) is 0 Å². The van der Waals surface area contributed by atoms with Crippen LogP contribution in [0.25, 0.3) is 0 Å². The highest BCUT2D eigenvalue weighted by Gasteiger charge is 2.12. The fraction of sp³-hybridized carbons (Fsp3) is 0.562. The molecule has 2 N–H and O–H groups in total. The smallest absolute Gasteiger partial charge is 0.240 e. The Bertz CT molecular complexity index is 570. The van der Waals surface area contributed by atoms with Crippen LogP contribution < -0.4 is 10.0 Å². The number of rotatable bonds is 11. The van der Waals surface area contributed by atoms with Gasteiger partial charge < -0.3 is 10.1 Å². The second-order valence-corrected chi connectivity index (χ2v) is 7.00. The van der Waals surface area contributed by atoms with E-state index in [1.807, 2.05) is 6.92 Å². The Hall–Kier alpha value is -1.44. The first-order valence-electron chi connectivity index (χ1n) is 7.84. The third kappa shape index (κ3) is 7.58. The molecule has 0 heterocycles. The summed E-state index contributed by atoms with van der Waals surface area (Å²) in [6.45, 7) is 3.56. The lowest BCUT2D eigenvalue weighted by Crippen LogP contribution is -2.25. The molecule has 7 heteroatoms. The van der Waals surface area contributed by atoms with E-state index in [1.54, 1.807) is 31.4 Å². The molecule has 6 nitrogen and oxygen atoms in total. The maximum Gasteiger partial charge on any atom is 0.240 e. The minimum Gasteiger partial charge on any atom is -0.385 e. The minimum atomic E-state index is -3.43. The van der Waals surface area contributed by atoms with Gasteiger partial charge in [-0.05, 0) is 37.0 Å². The molecule has 0 aliphatic rings. The summed E-state index contributed by atoms with van der Waals surface area (Å²) in [6.07, 6.45) is 2.50. The summed E-state index contributed by atoms with van der Waals surface area (Å²) in [6, 6.07) is 6.64. The number of methoxy groups -OCH3 is 1. The number of sulfonamides is 1. The van der Waals surface area contributed by atoms with E-state index in [0.717, 1.165) is 18.4 Å². The summed E-state index contributed by atoms with van der Waals surface area (Å²) in [5, 5.41) is 2.82. The number of carbonyl (C=O) groups is 1. The highest BCUT2D eigenvalue weighted by atomic mass is 32.2. The number of carbonyl (C=O) groups excluding carboxylic acids is 1. The molecule has 1 rings (SSSR count). The van der Waals surface area contributed by atoms with Gasteiger partial charge in [-0.3, -0.25) is 4.79 Å². The van der Waals surface area contributed by atoms with Crippen LogP contribution in [0.4, 0.5) is 0 Å². The van der Waals surface area contributed by atoms with E-state index in [4.69, 9.17) is 4.74 Å². The maximum atomic E-state index is 12.0. The summed E-state index contributed by atoms with van der Waals surface area (Å²) >= 11 is 0. The molecule has 0 atom stereocenters. The van der Waals surface area contributed by atoms with Crippen LogP contribution in [0.3, 0.4) is 0 Å². The predicted octanol–water partition coefficient (Wildman–Crippen LogP) is 1.46. The Morgan fingerprint density at radius 3 is 2.48 bits per heavy atom. The lowest BCUT2D eigenvalue weighted by Gasteiger charge is -2.07. The SMILES string of the molecule is CCCNS(=O)(=O)c1ccc(CCC(=O)NCCCOC)cc1. The molecule has 0 unspecified atom stereocenters. The van der Waals surface area contributed by atoms with Gasteiger partial charge in [-0.1, -0.05) is 19.1 Å². The first-order valence-corrected chi connectivity index (χ1v) is 9.32. The molecule has 0 radical (unpaired) electrons. The Labute approximate surface area is 138 Å². The zero-order chi connectivity index (χ0) is 17.1. The first kappa shape index (κ1) is 19.6. The van der Waals surface area contributed by atoms with Crippen molar-refractivity contribution in [2.45, 2.75) is 37.5 Å². The molecule has 0 aliphatic carbocycles. The number of amides is 1. The van der Waals surface area contributed by atoms with Crippen LogP contribution in [0.5, 0.6) is 0 Å². The maximum absolute atomic E-state index is 12.0. The summed E-state index contributed by atoms with van der Waals surface area (Å²) < 4.78 is 31.3. The van der Waals surface area contributed by atoms with Crippen molar-refractivity contribution in [2.75, 3.05) is 26.8 Å². The highest BCUT2D eigenvalue weighted by Crippen LogP contribution is 2.11. The van der Waals surface area contributed by atoms with Crippen molar-refractivity contribution in [3.05, 3.63) is 29.8 Å². The van der Waals surface area contributed by atoms with E-state index >= 15 is 0 Å². The molecule has 1 aromatic rings. The Kier molecular flexibility index (Phi) is 8.83. The zero-order valence-electron chi connectivity index (χ0n) is 13.8. The summed E-state index contributed by atoms with van der Waals surface area (Å²) in [5.41, 5.74) is 0.937. The van der Waals surface area contributed by atoms with E-state index in [9.17, 15) is 13.2 Å². The van der Waals surface area contributed by atoms with Crippen molar-refractivity contribution in [1.29, 1.82) is 0 Å². The van der Waals surface area contributed by atoms with Gasteiger partial charge in [-0.15, -0.1) is 0 Å². The highest BCUT2D eigenvalue weighted by molar-refractivity contribution is 7.89. The van der Waals surface area contributed by atoms with Gasteiger partial charge in [0.25, 0.3) is 0 Å². The molecule has 0 aromatic heterocycles. The topological polar surface area (TPSA) is 84.5 Å². The average Bonchev–Trinajstić information content (AvgIpc) is 2.55. The fourth-order valence-corrected chi connectivity index (χ4v) is 3.08. The van der Waals surface area contributed by atoms with Gasteiger partial charge in [0.15, 0.2) is 0 Å². The van der Waals surface area contributed by atoms with Crippen LogP contribution in [-0.2, 0) is 26.0 Å². The number of aryl methyl sites for hydroxylation is 1. The second kappa shape index (κ2) is 10.4. The number of ether oxygens (including phenoxy) is 1. The van der Waals surface area contributed by atoms with Gasteiger partial charge >= 0.3 is 0 Å². The minimum absolute atomic E-state index is 0.0117. The Morgan fingerprint density at radius 1 is 1.17 bits per heavy atom. The Morgan fingerprint density at radius 2 is 1.87 bits per heavy atom. The normalized spacial score (nSPS) is 11.4. The molecule has 0 spiro atoms. The average molecular weight is 342 g/mol. The van der Waals surface area contributed by atoms with Gasteiger partial charge in [0.1, 0.15) is 0 Å². The van der Waals surface area contributed by atoms with Gasteiger partial charge in [0.2, 0.25) is 15.9 Å². The van der Waals surface area contributed by atoms with E-state index < -0.39 is 10.0 Å². The zero-order valence-corrected chi connectivity index (χ0v) is 14.6. The first-order chi connectivity index (χ1) is 11.0. The molecule has 0 saturated carbocycles. The van der Waals surface area contributed by atoms with Gasteiger partial charge in [-0.25, -0.2) is 13.1 Å². The molecule has 0 fully saturated rings. The molecule has 1 amide bonds. The fourth-order valence-electron chi connectivity index (χ4n) is 1.95. The van der Waals surface area contributed by atoms with Crippen molar-refractivity contribution in [2.24, 2.45) is 0 Å². The molecule has 0 saturated heterocycles. The molecule has 130 valence electrons. The summed E-state index contributed by atoms with van der Waals surface area (Å²) in [7, 11) is -1.80. The van der Waals surface area contributed by atoms with E-state index in [0.29, 0.717) is 32.5 Å². The standard InChI is InChI=1S/C16H26N2O4S/c1-3-11-18-23(20,21)15-8-5-14(6-9-15)7-10-16(19)17-12-4-13-22-2/h5-6,8-9,18H,3-4,7,10-13H2,1-2H3,(H,17,19). The molecular weight excluding hydrogens is 316 g/mol. The number of hydrogen-bond acceptors (Lipinski definition) is 4. The van der Waals surface area contributed by atoms with Gasteiger partial charge in [0.05, 0.1) is 4.90 Å². The summed E-state index contributed by atoms with van der Waals surface area (Å²) in [5.74, 6) is -0.0117. The predicted molar refractivity (Wildman–Crippen MR) is 89.7 cm³/mol. The largest absolute Gasteiger partial charge is 0.385 e. The number of hydrogen-bond donors (Lipinski definition) is 2. The van der Waals surface area contributed by atoms with Crippen LogP contribution in [0, 0.1) is 0 Å². The Balaban J connectivity index is 2.43. The van der Waals surface area contributed by atoms with Crippen LogP contribution >= 0.6 is 0 Å². The molecule has 1 aromatic carbocycles. The number of benzene rings is 1. The molecule has 23 heavy (non-hydrogen) atoms. The van der Waals surface area contributed by atoms with Crippen molar-refractivity contribution >= 4 is 15.9 Å². The third-order valence-corrected chi connectivity index (χ3v) is 4.74. The lowest BCUT2D eigenvalue weighted by atomic mass is 10.1. The van der Waals surface area contributed by atoms with Crippen molar-refractivity contribution in [1.82, 2.24) is 10.0 Å². The van der Waals surface area contributed by atoms with Gasteiger partial charge in [0, 0.05) is 33.2 Å². The quantitative estimate of drug-likeness (QED) is 0.596. The van der Waals surface area contributed by atoms with E-state index in [-0.39, 0.29) is 10.8 Å². The lowest BCUT2D eigenvalue weighted by molar-refractivity contribution is -0.121. The van der Waals surface area contributed by atoms with Crippen LogP contribution in [0.15, 0.2) is 29.2 Å². The van der Waals surface area contributed by atoms with Crippen molar-refractivity contribution < 1.29 is 17.9 Å². The summed E-state index contributed by atoms with van der Waals surface area (Å²) in [4.78, 5) is 11.9. The number of nitrogens with one attached hydrogen (secondary N) is 2. The van der Waals surface area contributed by atoms with Gasteiger partial charge in [-0.2, -0.15) is 0 Å². The van der Waals surface area contributed by atoms with Crippen LogP contribution in [-0.4, -0.2) is 41.1 Å². The van der Waals surface area contributed by atoms with E-state index in [2.05, 4.69) is 10.0 Å². The molecule has 0 bridgehead atoms. The second-order valence-electron chi connectivity index (χ2n) is 5.24. The monoisotopic (exact) mass is 342 g/mol. The van der Waals surface area contributed by atoms with Crippen molar-refractivity contribution in [3.63, 3.8) is 0 Å². The third-order valence-electron chi connectivity index (χ3n) is 3.26. The molecular formula is C16H26N2O4S. The van der Waals surface area contributed by atoms with Crippen LogP contribution in [0.1, 0.15) is 31.7 Å². The molecule has 0 aliphatic heterocycles. The van der Waals surface area contributed by atoms with Crippen LogP contribution in [0.2, 0.25) is 0 Å².